The highest BCUT2D eigenvalue weighted by molar-refractivity contribution is 5.45. The maximum Gasteiger partial charge on any atom is 0.134 e. The number of rotatable bonds is 6. The fraction of sp³-hybridized carbons (Fsp3) is 0.217. The van der Waals surface area contributed by atoms with Gasteiger partial charge in [-0.25, -0.2) is 0 Å². The molecule has 3 aromatic rings. The molecule has 0 fully saturated rings. The minimum atomic E-state index is -1.41. The smallest absolute Gasteiger partial charge is 0.134 e. The number of aliphatic hydroxyl groups is 1. The summed E-state index contributed by atoms with van der Waals surface area (Å²) in [7, 11) is 3.23. The summed E-state index contributed by atoms with van der Waals surface area (Å²) in [5.74, 6) is 1.44. The Kier molecular flexibility index (Phi) is 5.49. The molecule has 0 bridgehead atoms. The van der Waals surface area contributed by atoms with Crippen molar-refractivity contribution in [3.05, 3.63) is 95.1 Å². The zero-order valence-corrected chi connectivity index (χ0v) is 15.8. The highest BCUT2D eigenvalue weighted by Gasteiger charge is 2.39. The summed E-state index contributed by atoms with van der Waals surface area (Å²) in [6.45, 7) is 2.00. The van der Waals surface area contributed by atoms with Crippen LogP contribution in [0.15, 0.2) is 72.8 Å². The molecule has 3 rings (SSSR count). The fourth-order valence-electron chi connectivity index (χ4n) is 3.38. The first-order valence-corrected chi connectivity index (χ1v) is 8.83. The minimum Gasteiger partial charge on any atom is -0.497 e. The van der Waals surface area contributed by atoms with Gasteiger partial charge in [0.25, 0.3) is 0 Å². The van der Waals surface area contributed by atoms with Crippen LogP contribution < -0.4 is 15.2 Å². The first kappa shape index (κ1) is 19.0. The quantitative estimate of drug-likeness (QED) is 0.696. The van der Waals surface area contributed by atoms with Crippen molar-refractivity contribution < 1.29 is 14.6 Å². The van der Waals surface area contributed by atoms with Crippen LogP contribution in [0.3, 0.4) is 0 Å². The molecular weight excluding hydrogens is 338 g/mol. The van der Waals surface area contributed by atoms with E-state index in [0.29, 0.717) is 11.1 Å². The average Bonchev–Trinajstić information content (AvgIpc) is 2.73. The maximum absolute atomic E-state index is 11.9. The summed E-state index contributed by atoms with van der Waals surface area (Å²) in [6, 6.07) is 21.9. The molecule has 0 heterocycles. The first-order chi connectivity index (χ1) is 13.0. The summed E-state index contributed by atoms with van der Waals surface area (Å²) in [5, 5.41) is 11.9. The van der Waals surface area contributed by atoms with Gasteiger partial charge in [-0.2, -0.15) is 0 Å². The molecule has 0 aliphatic carbocycles. The molecule has 0 spiro atoms. The molecule has 3 aromatic carbocycles. The normalized spacial score (nSPS) is 12.5. The van der Waals surface area contributed by atoms with Crippen LogP contribution >= 0.6 is 0 Å². The van der Waals surface area contributed by atoms with E-state index >= 15 is 0 Å². The molecule has 0 radical (unpaired) electrons. The summed E-state index contributed by atoms with van der Waals surface area (Å²) in [4.78, 5) is 0. The van der Waals surface area contributed by atoms with Gasteiger partial charge in [-0.15, -0.1) is 0 Å². The average molecular weight is 363 g/mol. The van der Waals surface area contributed by atoms with Crippen LogP contribution in [0.25, 0.3) is 0 Å². The Labute approximate surface area is 160 Å². The van der Waals surface area contributed by atoms with Crippen molar-refractivity contribution in [2.24, 2.45) is 5.73 Å². The fourth-order valence-corrected chi connectivity index (χ4v) is 3.38. The topological polar surface area (TPSA) is 64.7 Å². The highest BCUT2D eigenvalue weighted by Crippen LogP contribution is 2.41. The van der Waals surface area contributed by atoms with E-state index in [1.54, 1.807) is 14.2 Å². The lowest BCUT2D eigenvalue weighted by Gasteiger charge is -2.36. The van der Waals surface area contributed by atoms with E-state index in [1.807, 2.05) is 79.7 Å². The lowest BCUT2D eigenvalue weighted by molar-refractivity contribution is 0.0509. The van der Waals surface area contributed by atoms with Crippen molar-refractivity contribution >= 4 is 0 Å². The van der Waals surface area contributed by atoms with Crippen molar-refractivity contribution in [2.45, 2.75) is 18.6 Å². The van der Waals surface area contributed by atoms with Crippen LogP contribution in [0.5, 0.6) is 11.5 Å². The van der Waals surface area contributed by atoms with Crippen LogP contribution in [0.2, 0.25) is 0 Å². The summed E-state index contributed by atoms with van der Waals surface area (Å²) in [6.07, 6.45) is 0. The monoisotopic (exact) mass is 363 g/mol. The standard InChI is InChI=1S/C23H25NO3/c1-16-6-4-5-7-21(16)22(24)23(25,17-8-12-19(26-2)13-9-17)18-10-14-20(27-3)15-11-18/h4-15,22,25H,24H2,1-3H3/t22-/m1/s1. The second-order valence-corrected chi connectivity index (χ2v) is 6.56. The predicted molar refractivity (Wildman–Crippen MR) is 107 cm³/mol. The van der Waals surface area contributed by atoms with Crippen molar-refractivity contribution in [3.8, 4) is 11.5 Å². The third-order valence-corrected chi connectivity index (χ3v) is 5.03. The molecule has 0 aromatic heterocycles. The van der Waals surface area contributed by atoms with Gasteiger partial charge in [0.1, 0.15) is 17.1 Å². The number of aryl methyl sites for hydroxylation is 1. The largest absolute Gasteiger partial charge is 0.497 e. The molecule has 0 aliphatic heterocycles. The van der Waals surface area contributed by atoms with E-state index in [4.69, 9.17) is 15.2 Å². The molecule has 3 N–H and O–H groups in total. The van der Waals surface area contributed by atoms with E-state index in [1.165, 1.54) is 0 Å². The van der Waals surface area contributed by atoms with Crippen molar-refractivity contribution in [2.75, 3.05) is 14.2 Å². The van der Waals surface area contributed by atoms with E-state index in [0.717, 1.165) is 22.6 Å². The van der Waals surface area contributed by atoms with Gasteiger partial charge in [0.15, 0.2) is 0 Å². The van der Waals surface area contributed by atoms with Gasteiger partial charge in [-0.1, -0.05) is 48.5 Å². The SMILES string of the molecule is COc1ccc(C(O)(c2ccc(OC)cc2)[C@H](N)c2ccccc2C)cc1. The molecule has 0 saturated heterocycles. The van der Waals surface area contributed by atoms with Gasteiger partial charge in [0.2, 0.25) is 0 Å². The van der Waals surface area contributed by atoms with Crippen LogP contribution in [0.1, 0.15) is 28.3 Å². The third-order valence-electron chi connectivity index (χ3n) is 5.03. The number of benzene rings is 3. The van der Waals surface area contributed by atoms with Gasteiger partial charge in [0, 0.05) is 0 Å². The van der Waals surface area contributed by atoms with Crippen LogP contribution in [0.4, 0.5) is 0 Å². The third kappa shape index (κ3) is 3.54. The lowest BCUT2D eigenvalue weighted by atomic mass is 9.77. The molecule has 27 heavy (non-hydrogen) atoms. The predicted octanol–water partition coefficient (Wildman–Crippen LogP) is 3.95. The van der Waals surface area contributed by atoms with Gasteiger partial charge >= 0.3 is 0 Å². The van der Waals surface area contributed by atoms with E-state index < -0.39 is 11.6 Å². The molecular formula is C23H25NO3. The molecule has 4 nitrogen and oxygen atoms in total. The summed E-state index contributed by atoms with van der Waals surface area (Å²) in [5.41, 5.74) is 8.58. The number of ether oxygens (including phenoxy) is 2. The van der Waals surface area contributed by atoms with Crippen molar-refractivity contribution in [1.29, 1.82) is 0 Å². The van der Waals surface area contributed by atoms with Gasteiger partial charge in [-0.05, 0) is 53.4 Å². The Morgan fingerprint density at radius 3 is 1.63 bits per heavy atom. The molecule has 0 amide bonds. The number of hydrogen-bond acceptors (Lipinski definition) is 4. The Morgan fingerprint density at radius 1 is 0.778 bits per heavy atom. The summed E-state index contributed by atoms with van der Waals surface area (Å²) < 4.78 is 10.5. The zero-order valence-electron chi connectivity index (χ0n) is 15.8. The molecule has 4 heteroatoms. The number of hydrogen-bond donors (Lipinski definition) is 2. The van der Waals surface area contributed by atoms with Crippen molar-refractivity contribution in [1.82, 2.24) is 0 Å². The Morgan fingerprint density at radius 2 is 1.22 bits per heavy atom. The van der Waals surface area contributed by atoms with Gasteiger partial charge in [0.05, 0.1) is 20.3 Å². The molecule has 0 unspecified atom stereocenters. The molecule has 140 valence electrons. The second kappa shape index (κ2) is 7.82. The van der Waals surface area contributed by atoms with Crippen LogP contribution in [0, 0.1) is 6.92 Å². The maximum atomic E-state index is 11.9. The van der Waals surface area contributed by atoms with Gasteiger partial charge < -0.3 is 20.3 Å². The lowest BCUT2D eigenvalue weighted by Crippen LogP contribution is -2.40. The van der Waals surface area contributed by atoms with Crippen LogP contribution in [-0.2, 0) is 5.60 Å². The van der Waals surface area contributed by atoms with Gasteiger partial charge in [-0.3, -0.25) is 0 Å². The Bertz CT molecular complexity index is 841. The van der Waals surface area contributed by atoms with E-state index in [2.05, 4.69) is 0 Å². The Balaban J connectivity index is 2.16. The number of nitrogens with two attached hydrogens (primary N) is 1. The zero-order chi connectivity index (χ0) is 19.4. The van der Waals surface area contributed by atoms with E-state index in [-0.39, 0.29) is 0 Å². The van der Waals surface area contributed by atoms with Crippen LogP contribution in [-0.4, -0.2) is 19.3 Å². The van der Waals surface area contributed by atoms with E-state index in [9.17, 15) is 5.11 Å². The molecule has 0 saturated carbocycles. The minimum absolute atomic E-state index is 0.652. The molecule has 1 atom stereocenters. The number of methoxy groups -OCH3 is 2. The molecule has 0 aliphatic rings. The van der Waals surface area contributed by atoms with Crippen molar-refractivity contribution in [3.63, 3.8) is 0 Å². The first-order valence-electron chi connectivity index (χ1n) is 8.83. The second-order valence-electron chi connectivity index (χ2n) is 6.56. The Hall–Kier alpha value is -2.82. The highest BCUT2D eigenvalue weighted by atomic mass is 16.5. The summed E-state index contributed by atoms with van der Waals surface area (Å²) >= 11 is 0.